The summed E-state index contributed by atoms with van der Waals surface area (Å²) in [5.41, 5.74) is 3.08. The molecule has 0 aromatic heterocycles. The lowest BCUT2D eigenvalue weighted by Crippen LogP contribution is -2.40. The van der Waals surface area contributed by atoms with E-state index in [1.807, 2.05) is 24.3 Å². The minimum Gasteiger partial charge on any atom is -0.497 e. The highest BCUT2D eigenvalue weighted by atomic mass is 35.5. The summed E-state index contributed by atoms with van der Waals surface area (Å²) < 4.78 is 10.8. The van der Waals surface area contributed by atoms with Crippen LogP contribution in [0.2, 0.25) is 5.02 Å². The molecule has 6 heteroatoms. The van der Waals surface area contributed by atoms with Gasteiger partial charge in [0.15, 0.2) is 5.78 Å². The first-order chi connectivity index (χ1) is 14.0. The number of rotatable bonds is 4. The summed E-state index contributed by atoms with van der Waals surface area (Å²) in [7, 11) is 3.18. The molecule has 0 saturated heterocycles. The summed E-state index contributed by atoms with van der Waals surface area (Å²) in [5, 5.41) is 0.605. The predicted molar refractivity (Wildman–Crippen MR) is 112 cm³/mol. The highest BCUT2D eigenvalue weighted by molar-refractivity contribution is 6.30. The molecule has 2 aromatic rings. The maximum atomic E-state index is 13.2. The number of Topliss-reactive ketones (excluding diaryl/α,β-unsaturated/α-hetero) is 1. The van der Waals surface area contributed by atoms with E-state index < -0.39 is 0 Å². The minimum atomic E-state index is -0.324. The fraction of sp³-hybridized carbons (Fsp3) is 0.304. The van der Waals surface area contributed by atoms with Crippen LogP contribution in [0.25, 0.3) is 0 Å². The van der Waals surface area contributed by atoms with E-state index in [1.54, 1.807) is 37.3 Å². The van der Waals surface area contributed by atoms with Crippen LogP contribution in [0, 0.1) is 0 Å². The standard InChI is InChI=1S/C23H22ClNO4/c1-28-16-10-11-17(21(12-16)29-2)18-13-22(27)25(15-8-6-14(24)7-9-15)19-4-3-5-20(26)23(18)19/h6-12,18H,3-5,13H2,1-2H3. The van der Waals surface area contributed by atoms with Crippen LogP contribution in [0.1, 0.15) is 37.2 Å². The molecule has 0 fully saturated rings. The molecule has 1 unspecified atom stereocenters. The Hall–Kier alpha value is -2.79. The molecule has 29 heavy (non-hydrogen) atoms. The smallest absolute Gasteiger partial charge is 0.232 e. The van der Waals surface area contributed by atoms with Crippen LogP contribution in [0.4, 0.5) is 5.69 Å². The number of methoxy groups -OCH3 is 2. The Labute approximate surface area is 174 Å². The number of ketones is 1. The van der Waals surface area contributed by atoms with Gasteiger partial charge < -0.3 is 9.47 Å². The van der Waals surface area contributed by atoms with Crippen molar-refractivity contribution in [1.29, 1.82) is 0 Å². The molecule has 0 bridgehead atoms. The molecule has 2 aliphatic rings. The average Bonchev–Trinajstić information content (AvgIpc) is 2.73. The van der Waals surface area contributed by atoms with E-state index in [9.17, 15) is 9.59 Å². The van der Waals surface area contributed by atoms with Gasteiger partial charge in [0, 0.05) is 52.4 Å². The lowest BCUT2D eigenvalue weighted by Gasteiger charge is -2.38. The maximum absolute atomic E-state index is 13.2. The third-order valence-corrected chi connectivity index (χ3v) is 5.83. The largest absolute Gasteiger partial charge is 0.497 e. The van der Waals surface area contributed by atoms with Gasteiger partial charge in [0.05, 0.1) is 14.2 Å². The Morgan fingerprint density at radius 2 is 1.76 bits per heavy atom. The molecule has 1 aliphatic carbocycles. The second-order valence-corrected chi connectivity index (χ2v) is 7.64. The molecule has 0 N–H and O–H groups in total. The molecule has 0 radical (unpaired) electrons. The number of hydrogen-bond acceptors (Lipinski definition) is 4. The second kappa shape index (κ2) is 7.91. The lowest BCUT2D eigenvalue weighted by molar-refractivity contribution is -0.119. The zero-order chi connectivity index (χ0) is 20.5. The molecule has 150 valence electrons. The predicted octanol–water partition coefficient (Wildman–Crippen LogP) is 4.88. The number of benzene rings is 2. The first-order valence-electron chi connectivity index (χ1n) is 9.60. The van der Waals surface area contributed by atoms with Crippen LogP contribution in [-0.2, 0) is 9.59 Å². The topological polar surface area (TPSA) is 55.8 Å². The Morgan fingerprint density at radius 1 is 1.00 bits per heavy atom. The first-order valence-corrected chi connectivity index (χ1v) is 9.98. The SMILES string of the molecule is COc1ccc(C2CC(=O)N(c3ccc(Cl)cc3)C3=C2C(=O)CCC3)c(OC)c1. The number of carbonyl (C=O) groups excluding carboxylic acids is 2. The van der Waals surface area contributed by atoms with Crippen LogP contribution < -0.4 is 14.4 Å². The van der Waals surface area contributed by atoms with E-state index in [1.165, 1.54) is 0 Å². The van der Waals surface area contributed by atoms with Gasteiger partial charge in [-0.1, -0.05) is 17.7 Å². The van der Waals surface area contributed by atoms with Gasteiger partial charge in [0.1, 0.15) is 11.5 Å². The van der Waals surface area contributed by atoms with E-state index >= 15 is 0 Å². The monoisotopic (exact) mass is 411 g/mol. The number of carbonyl (C=O) groups is 2. The number of halogens is 1. The van der Waals surface area contributed by atoms with Crippen LogP contribution in [-0.4, -0.2) is 25.9 Å². The Bertz CT molecular complexity index is 996. The molecule has 1 atom stereocenters. The molecule has 1 amide bonds. The minimum absolute atomic E-state index is 0.0383. The van der Waals surface area contributed by atoms with Crippen LogP contribution >= 0.6 is 11.6 Å². The number of ether oxygens (including phenoxy) is 2. The van der Waals surface area contributed by atoms with Crippen molar-refractivity contribution in [2.75, 3.05) is 19.1 Å². The van der Waals surface area contributed by atoms with E-state index in [-0.39, 0.29) is 24.0 Å². The third-order valence-electron chi connectivity index (χ3n) is 5.58. The Morgan fingerprint density at radius 3 is 2.45 bits per heavy atom. The van der Waals surface area contributed by atoms with Crippen molar-refractivity contribution in [3.8, 4) is 11.5 Å². The third kappa shape index (κ3) is 3.51. The van der Waals surface area contributed by atoms with E-state index in [2.05, 4.69) is 0 Å². The summed E-state index contributed by atoms with van der Waals surface area (Å²) >= 11 is 6.02. The zero-order valence-electron chi connectivity index (χ0n) is 16.4. The molecule has 1 aliphatic heterocycles. The Balaban J connectivity index is 1.85. The van der Waals surface area contributed by atoms with Crippen molar-refractivity contribution in [3.05, 3.63) is 64.3 Å². The van der Waals surface area contributed by atoms with E-state index in [4.69, 9.17) is 21.1 Å². The van der Waals surface area contributed by atoms with Gasteiger partial charge in [-0.05, 0) is 43.2 Å². The summed E-state index contributed by atoms with van der Waals surface area (Å²) in [6.07, 6.45) is 2.12. The molecular formula is C23H22ClNO4. The van der Waals surface area contributed by atoms with Gasteiger partial charge in [-0.15, -0.1) is 0 Å². The molecular weight excluding hydrogens is 390 g/mol. The normalized spacial score (nSPS) is 19.3. The molecule has 4 rings (SSSR count). The van der Waals surface area contributed by atoms with Gasteiger partial charge in [0.25, 0.3) is 0 Å². The fourth-order valence-corrected chi connectivity index (χ4v) is 4.38. The Kier molecular flexibility index (Phi) is 5.33. The van der Waals surface area contributed by atoms with E-state index in [0.717, 1.165) is 23.4 Å². The van der Waals surface area contributed by atoms with Gasteiger partial charge in [0.2, 0.25) is 5.91 Å². The highest BCUT2D eigenvalue weighted by Gasteiger charge is 2.40. The molecule has 0 saturated carbocycles. The van der Waals surface area contributed by atoms with Crippen molar-refractivity contribution in [3.63, 3.8) is 0 Å². The molecule has 5 nitrogen and oxygen atoms in total. The van der Waals surface area contributed by atoms with Crippen LogP contribution in [0.5, 0.6) is 11.5 Å². The lowest BCUT2D eigenvalue weighted by atomic mass is 9.77. The van der Waals surface area contributed by atoms with Crippen molar-refractivity contribution in [1.82, 2.24) is 0 Å². The van der Waals surface area contributed by atoms with Gasteiger partial charge in [-0.25, -0.2) is 0 Å². The first kappa shape index (κ1) is 19.5. The highest BCUT2D eigenvalue weighted by Crippen LogP contribution is 2.46. The number of amides is 1. The number of anilines is 1. The zero-order valence-corrected chi connectivity index (χ0v) is 17.2. The number of nitrogens with zero attached hydrogens (tertiary/aromatic N) is 1. The summed E-state index contributed by atoms with van der Waals surface area (Å²) in [4.78, 5) is 27.9. The van der Waals surface area contributed by atoms with Crippen molar-refractivity contribution in [2.24, 2.45) is 0 Å². The fourth-order valence-electron chi connectivity index (χ4n) is 4.25. The van der Waals surface area contributed by atoms with Crippen molar-refractivity contribution in [2.45, 2.75) is 31.6 Å². The molecule has 2 aromatic carbocycles. The van der Waals surface area contributed by atoms with Crippen molar-refractivity contribution < 1.29 is 19.1 Å². The summed E-state index contributed by atoms with van der Waals surface area (Å²) in [6.45, 7) is 0. The average molecular weight is 412 g/mol. The molecule has 0 spiro atoms. The maximum Gasteiger partial charge on any atom is 0.232 e. The van der Waals surface area contributed by atoms with Gasteiger partial charge in [-0.3, -0.25) is 14.5 Å². The van der Waals surface area contributed by atoms with Gasteiger partial charge in [-0.2, -0.15) is 0 Å². The van der Waals surface area contributed by atoms with Crippen LogP contribution in [0.3, 0.4) is 0 Å². The summed E-state index contributed by atoms with van der Waals surface area (Å²) in [6, 6.07) is 12.7. The van der Waals surface area contributed by atoms with Crippen molar-refractivity contribution >= 4 is 29.0 Å². The number of hydrogen-bond donors (Lipinski definition) is 0. The quantitative estimate of drug-likeness (QED) is 0.719. The second-order valence-electron chi connectivity index (χ2n) is 7.21. The summed E-state index contributed by atoms with van der Waals surface area (Å²) in [5.74, 6) is 1.02. The van der Waals surface area contributed by atoms with Crippen LogP contribution in [0.15, 0.2) is 53.7 Å². The van der Waals surface area contributed by atoms with E-state index in [0.29, 0.717) is 34.9 Å². The number of allylic oxidation sites excluding steroid dienone is 2. The van der Waals surface area contributed by atoms with Gasteiger partial charge >= 0.3 is 0 Å². The molecule has 1 heterocycles.